The van der Waals surface area contributed by atoms with Crippen LogP contribution in [0.5, 0.6) is 0 Å². The number of hydrogen-bond acceptors (Lipinski definition) is 4. The van der Waals surface area contributed by atoms with Crippen molar-refractivity contribution in [1.29, 1.82) is 0 Å². The number of rotatable bonds is 4. The first kappa shape index (κ1) is 18.9. The second-order valence-electron chi connectivity index (χ2n) is 5.98. The van der Waals surface area contributed by atoms with Crippen molar-refractivity contribution in [2.24, 2.45) is 5.92 Å². The first-order valence-electron chi connectivity index (χ1n) is 8.04. The Morgan fingerprint density at radius 1 is 1.35 bits per heavy atom. The number of carbonyl (C=O) groups is 2. The topological polar surface area (TPSA) is 79.3 Å². The van der Waals surface area contributed by atoms with E-state index in [9.17, 15) is 14.7 Å². The fraction of sp³-hybridized carbons (Fsp3) is 0.278. The normalized spacial score (nSPS) is 16.9. The van der Waals surface area contributed by atoms with E-state index in [1.165, 1.54) is 11.3 Å². The van der Waals surface area contributed by atoms with E-state index in [2.05, 4.69) is 10.3 Å². The van der Waals surface area contributed by atoms with Crippen LogP contribution in [-0.2, 0) is 9.59 Å². The lowest BCUT2D eigenvalue weighted by atomic mass is 9.87. The average Bonchev–Trinajstić information content (AvgIpc) is 2.94. The van der Waals surface area contributed by atoms with E-state index in [1.54, 1.807) is 24.3 Å². The van der Waals surface area contributed by atoms with E-state index in [1.807, 2.05) is 6.92 Å². The maximum Gasteiger partial charge on any atom is 0.311 e. The molecule has 5 nitrogen and oxygen atoms in total. The number of benzene rings is 1. The number of carboxylic acids is 1. The molecule has 1 heterocycles. The summed E-state index contributed by atoms with van der Waals surface area (Å²) >= 11 is 13.5. The average molecular weight is 411 g/mol. The maximum absolute atomic E-state index is 12.5. The molecule has 8 heteroatoms. The van der Waals surface area contributed by atoms with Gasteiger partial charge in [-0.05, 0) is 44.4 Å². The first-order chi connectivity index (χ1) is 12.4. The molecule has 136 valence electrons. The molecule has 1 aliphatic carbocycles. The highest BCUT2D eigenvalue weighted by Crippen LogP contribution is 2.36. The van der Waals surface area contributed by atoms with Crippen LogP contribution in [-0.4, -0.2) is 22.0 Å². The monoisotopic (exact) mass is 410 g/mol. The predicted molar refractivity (Wildman–Crippen MR) is 104 cm³/mol. The Kier molecular flexibility index (Phi) is 5.65. The van der Waals surface area contributed by atoms with Crippen molar-refractivity contribution in [2.45, 2.75) is 26.2 Å². The van der Waals surface area contributed by atoms with Crippen LogP contribution in [0.3, 0.4) is 0 Å². The molecule has 0 aliphatic heterocycles. The van der Waals surface area contributed by atoms with Gasteiger partial charge in [-0.1, -0.05) is 29.3 Å². The summed E-state index contributed by atoms with van der Waals surface area (Å²) < 4.78 is 0. The number of nitrogens with zero attached hydrogens (tertiary/aromatic N) is 1. The Hall–Kier alpha value is -1.89. The van der Waals surface area contributed by atoms with E-state index in [4.69, 9.17) is 23.2 Å². The molecule has 1 aromatic carbocycles. The van der Waals surface area contributed by atoms with Gasteiger partial charge in [-0.25, -0.2) is 4.98 Å². The van der Waals surface area contributed by atoms with Gasteiger partial charge < -0.3 is 5.11 Å². The highest BCUT2D eigenvalue weighted by atomic mass is 35.5. The summed E-state index contributed by atoms with van der Waals surface area (Å²) in [5.74, 6) is -2.16. The van der Waals surface area contributed by atoms with Crippen LogP contribution >= 0.6 is 34.5 Å². The number of halogens is 2. The molecule has 3 rings (SSSR count). The lowest BCUT2D eigenvalue weighted by Crippen LogP contribution is -2.27. The molecular weight excluding hydrogens is 395 g/mol. The minimum atomic E-state index is -0.977. The van der Waals surface area contributed by atoms with Gasteiger partial charge >= 0.3 is 5.97 Å². The van der Waals surface area contributed by atoms with Crippen molar-refractivity contribution in [1.82, 2.24) is 4.98 Å². The Morgan fingerprint density at radius 2 is 2.12 bits per heavy atom. The molecule has 1 aliphatic rings. The van der Waals surface area contributed by atoms with E-state index >= 15 is 0 Å². The van der Waals surface area contributed by atoms with Gasteiger partial charge in [0.1, 0.15) is 0 Å². The lowest BCUT2D eigenvalue weighted by Gasteiger charge is -2.19. The van der Waals surface area contributed by atoms with Gasteiger partial charge in [0.05, 0.1) is 16.6 Å². The summed E-state index contributed by atoms with van der Waals surface area (Å²) in [5.41, 5.74) is 1.69. The van der Waals surface area contributed by atoms with Gasteiger partial charge in [-0.15, -0.1) is 11.3 Å². The molecular formula is C18H16Cl2N2O3S. The molecule has 26 heavy (non-hydrogen) atoms. The summed E-state index contributed by atoms with van der Waals surface area (Å²) in [4.78, 5) is 29.2. The molecule has 1 aromatic heterocycles. The molecule has 2 N–H and O–H groups in total. The summed E-state index contributed by atoms with van der Waals surface area (Å²) in [5, 5.41) is 13.5. The minimum absolute atomic E-state index is 0.294. The molecule has 0 spiro atoms. The zero-order valence-corrected chi connectivity index (χ0v) is 16.2. The van der Waals surface area contributed by atoms with Gasteiger partial charge in [-0.2, -0.15) is 0 Å². The Morgan fingerprint density at radius 3 is 2.81 bits per heavy atom. The van der Waals surface area contributed by atoms with Crippen LogP contribution in [0.4, 0.5) is 5.13 Å². The SMILES string of the molecule is Cc1sc(NC(=O)C2=CCCCC2C(=O)O)nc1-c1ccc(Cl)cc1Cl. The highest BCUT2D eigenvalue weighted by molar-refractivity contribution is 7.16. The molecule has 1 unspecified atom stereocenters. The fourth-order valence-electron chi connectivity index (χ4n) is 2.94. The van der Waals surface area contributed by atoms with Crippen LogP contribution in [0.25, 0.3) is 11.3 Å². The van der Waals surface area contributed by atoms with E-state index in [0.29, 0.717) is 39.3 Å². The van der Waals surface area contributed by atoms with E-state index in [-0.39, 0.29) is 0 Å². The third kappa shape index (κ3) is 3.92. The predicted octanol–water partition coefficient (Wildman–Crippen LogP) is 5.17. The van der Waals surface area contributed by atoms with Crippen LogP contribution < -0.4 is 5.32 Å². The largest absolute Gasteiger partial charge is 0.481 e. The lowest BCUT2D eigenvalue weighted by molar-refractivity contribution is -0.141. The smallest absolute Gasteiger partial charge is 0.311 e. The van der Waals surface area contributed by atoms with E-state index < -0.39 is 17.8 Å². The fourth-order valence-corrected chi connectivity index (χ4v) is 4.26. The van der Waals surface area contributed by atoms with Crippen molar-refractivity contribution in [3.8, 4) is 11.3 Å². The summed E-state index contributed by atoms with van der Waals surface area (Å²) in [7, 11) is 0. The highest BCUT2D eigenvalue weighted by Gasteiger charge is 2.29. The number of aliphatic carboxylic acids is 1. The molecule has 0 saturated carbocycles. The van der Waals surface area contributed by atoms with Crippen molar-refractivity contribution in [2.75, 3.05) is 5.32 Å². The van der Waals surface area contributed by atoms with Crippen LogP contribution in [0.1, 0.15) is 24.1 Å². The second-order valence-corrected chi connectivity index (χ2v) is 8.03. The Bertz CT molecular complexity index is 908. The number of thiazole rings is 1. The minimum Gasteiger partial charge on any atom is -0.481 e. The number of aryl methyl sites for hydroxylation is 1. The Balaban J connectivity index is 1.84. The van der Waals surface area contributed by atoms with Crippen LogP contribution in [0, 0.1) is 12.8 Å². The molecule has 0 fully saturated rings. The third-order valence-corrected chi connectivity index (χ3v) is 5.63. The van der Waals surface area contributed by atoms with Crippen LogP contribution in [0.2, 0.25) is 10.0 Å². The number of carbonyl (C=O) groups excluding carboxylic acids is 1. The van der Waals surface area contributed by atoms with Gasteiger partial charge in [0.25, 0.3) is 5.91 Å². The standard InChI is InChI=1S/C18H16Cl2N2O3S/c1-9-15(13-7-6-10(19)8-14(13)20)21-18(26-9)22-16(23)11-4-2-3-5-12(11)17(24)25/h4,6-8,12H,2-3,5H2,1H3,(H,24,25)(H,21,22,23). The number of aromatic nitrogens is 1. The van der Waals surface area contributed by atoms with Crippen molar-refractivity contribution < 1.29 is 14.7 Å². The zero-order chi connectivity index (χ0) is 18.8. The molecule has 1 amide bonds. The molecule has 2 aromatic rings. The van der Waals surface area contributed by atoms with Crippen molar-refractivity contribution >= 4 is 51.5 Å². The van der Waals surface area contributed by atoms with Gasteiger partial charge in [-0.3, -0.25) is 14.9 Å². The van der Waals surface area contributed by atoms with Crippen LogP contribution in [0.15, 0.2) is 29.8 Å². The third-order valence-electron chi connectivity index (χ3n) is 4.20. The molecule has 1 atom stereocenters. The maximum atomic E-state index is 12.5. The summed E-state index contributed by atoms with van der Waals surface area (Å²) in [6, 6.07) is 5.15. The van der Waals surface area contributed by atoms with Gasteiger partial charge in [0, 0.05) is 21.0 Å². The number of nitrogens with one attached hydrogen (secondary N) is 1. The molecule has 0 radical (unpaired) electrons. The number of anilines is 1. The number of amides is 1. The molecule has 0 bridgehead atoms. The molecule has 0 saturated heterocycles. The van der Waals surface area contributed by atoms with Gasteiger partial charge in [0.15, 0.2) is 5.13 Å². The number of hydrogen-bond donors (Lipinski definition) is 2. The summed E-state index contributed by atoms with van der Waals surface area (Å²) in [6.45, 7) is 1.88. The van der Waals surface area contributed by atoms with Crippen molar-refractivity contribution in [3.63, 3.8) is 0 Å². The van der Waals surface area contributed by atoms with Crippen molar-refractivity contribution in [3.05, 3.63) is 44.8 Å². The zero-order valence-electron chi connectivity index (χ0n) is 13.9. The van der Waals surface area contributed by atoms with Gasteiger partial charge in [0.2, 0.25) is 0 Å². The number of carboxylic acid groups (broad SMARTS) is 1. The Labute approximate surface area is 164 Å². The first-order valence-corrected chi connectivity index (χ1v) is 9.61. The quantitative estimate of drug-likeness (QED) is 0.727. The summed E-state index contributed by atoms with van der Waals surface area (Å²) in [6.07, 6.45) is 3.64. The number of allylic oxidation sites excluding steroid dienone is 1. The van der Waals surface area contributed by atoms with E-state index in [0.717, 1.165) is 16.9 Å². The second kappa shape index (κ2) is 7.78.